The molecule has 1 aliphatic rings. The van der Waals surface area contributed by atoms with Crippen LogP contribution in [0.1, 0.15) is 0 Å². The molecule has 0 spiro atoms. The van der Waals surface area contributed by atoms with E-state index in [2.05, 4.69) is 9.62 Å². The fourth-order valence-electron chi connectivity index (χ4n) is 2.77. The van der Waals surface area contributed by atoms with Crippen LogP contribution < -0.4 is 4.72 Å². The number of rotatable bonds is 6. The highest BCUT2D eigenvalue weighted by atomic mass is 32.2. The molecule has 0 unspecified atom stereocenters. The number of benzene rings is 2. The topological polar surface area (TPSA) is 78.9 Å². The second-order valence-corrected chi connectivity index (χ2v) is 7.69. The molecule has 0 bridgehead atoms. The van der Waals surface area contributed by atoms with Gasteiger partial charge in [0.15, 0.2) is 0 Å². The van der Waals surface area contributed by atoms with Gasteiger partial charge in [-0.05, 0) is 22.9 Å². The number of morpholine rings is 1. The minimum Gasteiger partial charge on any atom is -0.390 e. The zero-order valence-electron chi connectivity index (χ0n) is 13.4. The van der Waals surface area contributed by atoms with Gasteiger partial charge in [-0.15, -0.1) is 0 Å². The lowest BCUT2D eigenvalue weighted by molar-refractivity contribution is 0.0158. The number of hydrogen-bond acceptors (Lipinski definition) is 5. The predicted molar refractivity (Wildman–Crippen MR) is 92.4 cm³/mol. The van der Waals surface area contributed by atoms with Crippen molar-refractivity contribution in [3.05, 3.63) is 42.5 Å². The molecule has 2 aromatic carbocycles. The first-order valence-electron chi connectivity index (χ1n) is 8.01. The Kier molecular flexibility index (Phi) is 5.47. The van der Waals surface area contributed by atoms with Crippen molar-refractivity contribution in [2.24, 2.45) is 0 Å². The summed E-state index contributed by atoms with van der Waals surface area (Å²) in [6.07, 6.45) is -0.752. The number of hydrogen-bond donors (Lipinski definition) is 2. The van der Waals surface area contributed by atoms with Gasteiger partial charge >= 0.3 is 0 Å². The van der Waals surface area contributed by atoms with E-state index in [1.54, 1.807) is 18.2 Å². The molecule has 7 heteroatoms. The summed E-state index contributed by atoms with van der Waals surface area (Å²) >= 11 is 0. The number of aliphatic hydroxyl groups excluding tert-OH is 1. The van der Waals surface area contributed by atoms with Gasteiger partial charge in [0.25, 0.3) is 0 Å². The van der Waals surface area contributed by atoms with E-state index in [9.17, 15) is 13.5 Å². The van der Waals surface area contributed by atoms with Crippen LogP contribution in [0.4, 0.5) is 0 Å². The standard InChI is InChI=1S/C17H22N2O4S/c20-16(13-19-7-9-23-10-8-19)12-18-24(21,22)17-6-5-14-3-1-2-4-15(14)11-17/h1-6,11,16,18,20H,7-10,12-13H2/t16-/m0/s1. The van der Waals surface area contributed by atoms with E-state index in [-0.39, 0.29) is 11.4 Å². The summed E-state index contributed by atoms with van der Waals surface area (Å²) in [5.74, 6) is 0. The largest absolute Gasteiger partial charge is 0.390 e. The fourth-order valence-corrected chi connectivity index (χ4v) is 3.88. The summed E-state index contributed by atoms with van der Waals surface area (Å²) in [5.41, 5.74) is 0. The third-order valence-corrected chi connectivity index (χ3v) is 5.53. The normalized spacial score (nSPS) is 17.9. The van der Waals surface area contributed by atoms with Gasteiger partial charge in [0, 0.05) is 26.2 Å². The Hall–Kier alpha value is -1.51. The summed E-state index contributed by atoms with van der Waals surface area (Å²) in [7, 11) is -3.64. The summed E-state index contributed by atoms with van der Waals surface area (Å²) < 4.78 is 32.6. The number of nitrogens with one attached hydrogen (secondary N) is 1. The van der Waals surface area contributed by atoms with E-state index in [1.165, 1.54) is 0 Å². The SMILES string of the molecule is O=S(=O)(NC[C@H](O)CN1CCOCC1)c1ccc2ccccc2c1. The number of nitrogens with zero attached hydrogens (tertiary/aromatic N) is 1. The van der Waals surface area contributed by atoms with Gasteiger partial charge in [-0.2, -0.15) is 0 Å². The van der Waals surface area contributed by atoms with Crippen LogP contribution in [0.2, 0.25) is 0 Å². The molecule has 1 heterocycles. The molecule has 0 aromatic heterocycles. The molecule has 0 aliphatic carbocycles. The van der Waals surface area contributed by atoms with Crippen LogP contribution in [0.3, 0.4) is 0 Å². The van der Waals surface area contributed by atoms with Gasteiger partial charge in [-0.25, -0.2) is 13.1 Å². The fraction of sp³-hybridized carbons (Fsp3) is 0.412. The molecule has 130 valence electrons. The maximum Gasteiger partial charge on any atom is 0.240 e. The zero-order chi connectivity index (χ0) is 17.0. The smallest absolute Gasteiger partial charge is 0.240 e. The Balaban J connectivity index is 1.61. The quantitative estimate of drug-likeness (QED) is 0.806. The Morgan fingerprint density at radius 1 is 1.12 bits per heavy atom. The van der Waals surface area contributed by atoms with Crippen molar-refractivity contribution in [3.63, 3.8) is 0 Å². The molecule has 1 aliphatic heterocycles. The highest BCUT2D eigenvalue weighted by molar-refractivity contribution is 7.89. The van der Waals surface area contributed by atoms with Gasteiger partial charge in [0.05, 0.1) is 24.2 Å². The van der Waals surface area contributed by atoms with E-state index < -0.39 is 16.1 Å². The third-order valence-electron chi connectivity index (χ3n) is 4.11. The Bertz CT molecular complexity index is 788. The number of aliphatic hydroxyl groups is 1. The van der Waals surface area contributed by atoms with Crippen molar-refractivity contribution in [3.8, 4) is 0 Å². The zero-order valence-corrected chi connectivity index (χ0v) is 14.2. The first kappa shape index (κ1) is 17.3. The van der Waals surface area contributed by atoms with Crippen LogP contribution >= 0.6 is 0 Å². The average molecular weight is 350 g/mol. The predicted octanol–water partition coefficient (Wildman–Crippen LogP) is 0.811. The van der Waals surface area contributed by atoms with E-state index >= 15 is 0 Å². The van der Waals surface area contributed by atoms with Gasteiger partial charge in [-0.1, -0.05) is 30.3 Å². The van der Waals surface area contributed by atoms with Crippen LogP contribution in [0, 0.1) is 0 Å². The average Bonchev–Trinajstić information content (AvgIpc) is 2.60. The first-order valence-corrected chi connectivity index (χ1v) is 9.49. The van der Waals surface area contributed by atoms with Gasteiger partial charge in [0.1, 0.15) is 0 Å². The monoisotopic (exact) mass is 350 g/mol. The molecule has 0 amide bonds. The lowest BCUT2D eigenvalue weighted by Gasteiger charge is -2.28. The summed E-state index contributed by atoms with van der Waals surface area (Å²) in [6.45, 7) is 3.24. The van der Waals surface area contributed by atoms with Gasteiger partial charge in [-0.3, -0.25) is 4.90 Å². The number of β-amino-alcohol motifs (C(OH)–C–C–N with tert-alkyl or cyclic N) is 1. The van der Waals surface area contributed by atoms with Crippen LogP contribution in [0.25, 0.3) is 10.8 Å². The van der Waals surface area contributed by atoms with Crippen LogP contribution in [-0.2, 0) is 14.8 Å². The first-order chi connectivity index (χ1) is 11.5. The van der Waals surface area contributed by atoms with Crippen molar-refractivity contribution < 1.29 is 18.3 Å². The van der Waals surface area contributed by atoms with Crippen molar-refractivity contribution in [1.82, 2.24) is 9.62 Å². The van der Waals surface area contributed by atoms with E-state index in [1.807, 2.05) is 24.3 Å². The van der Waals surface area contributed by atoms with Crippen molar-refractivity contribution >= 4 is 20.8 Å². The molecule has 6 nitrogen and oxygen atoms in total. The molecule has 2 aromatic rings. The molecule has 2 N–H and O–H groups in total. The van der Waals surface area contributed by atoms with Crippen molar-refractivity contribution in [1.29, 1.82) is 0 Å². The highest BCUT2D eigenvalue weighted by Gasteiger charge is 2.19. The molecule has 1 saturated heterocycles. The van der Waals surface area contributed by atoms with Crippen LogP contribution in [0.15, 0.2) is 47.4 Å². The molecule has 3 rings (SSSR count). The Morgan fingerprint density at radius 2 is 1.83 bits per heavy atom. The maximum absolute atomic E-state index is 12.4. The maximum atomic E-state index is 12.4. The molecule has 24 heavy (non-hydrogen) atoms. The van der Waals surface area contributed by atoms with E-state index in [0.29, 0.717) is 19.8 Å². The van der Waals surface area contributed by atoms with Crippen molar-refractivity contribution in [2.75, 3.05) is 39.4 Å². The molecule has 0 saturated carbocycles. The van der Waals surface area contributed by atoms with E-state index in [0.717, 1.165) is 23.9 Å². The molecule has 1 atom stereocenters. The van der Waals surface area contributed by atoms with Gasteiger partial charge < -0.3 is 9.84 Å². The lowest BCUT2D eigenvalue weighted by atomic mass is 10.1. The second kappa shape index (κ2) is 7.58. The Morgan fingerprint density at radius 3 is 2.58 bits per heavy atom. The summed E-state index contributed by atoms with van der Waals surface area (Å²) in [4.78, 5) is 2.28. The molecule has 1 fully saturated rings. The lowest BCUT2D eigenvalue weighted by Crippen LogP contribution is -2.44. The number of sulfonamides is 1. The summed E-state index contributed by atoms with van der Waals surface area (Å²) in [5, 5.41) is 11.9. The molecular formula is C17H22N2O4S. The van der Waals surface area contributed by atoms with Crippen LogP contribution in [0.5, 0.6) is 0 Å². The second-order valence-electron chi connectivity index (χ2n) is 5.93. The highest BCUT2D eigenvalue weighted by Crippen LogP contribution is 2.18. The number of fused-ring (bicyclic) bond motifs is 1. The molecular weight excluding hydrogens is 328 g/mol. The minimum absolute atomic E-state index is 0.00742. The number of ether oxygens (including phenoxy) is 1. The van der Waals surface area contributed by atoms with Gasteiger partial charge in [0.2, 0.25) is 10.0 Å². The summed E-state index contributed by atoms with van der Waals surface area (Å²) in [6, 6.07) is 12.6. The van der Waals surface area contributed by atoms with Crippen molar-refractivity contribution in [2.45, 2.75) is 11.0 Å². The minimum atomic E-state index is -3.64. The third kappa shape index (κ3) is 4.31. The molecule has 0 radical (unpaired) electrons. The Labute approximate surface area is 142 Å². The van der Waals surface area contributed by atoms with E-state index in [4.69, 9.17) is 4.74 Å². The van der Waals surface area contributed by atoms with Crippen LogP contribution in [-0.4, -0.2) is 63.9 Å².